The van der Waals surface area contributed by atoms with E-state index < -0.39 is 24.3 Å². The number of aromatic nitrogens is 2. The number of hydrogen-bond acceptors (Lipinski definition) is 7. The molecule has 1 N–H and O–H groups in total. The summed E-state index contributed by atoms with van der Waals surface area (Å²) in [5.74, 6) is -1.79. The number of anilines is 2. The second-order valence-electron chi connectivity index (χ2n) is 8.07. The lowest BCUT2D eigenvalue weighted by atomic mass is 10.1. The van der Waals surface area contributed by atoms with E-state index in [0.717, 1.165) is 27.5 Å². The predicted octanol–water partition coefficient (Wildman–Crippen LogP) is 3.26. The topological polar surface area (TPSA) is 113 Å². The molecular formula is C23H18ClN5O4S. The number of carbonyl (C=O) groups is 4. The summed E-state index contributed by atoms with van der Waals surface area (Å²) in [6.07, 6.45) is 0.267. The number of carbonyl (C=O) groups excluding carboxylic acids is 4. The van der Waals surface area contributed by atoms with Gasteiger partial charge in [-0.1, -0.05) is 41.1 Å². The second kappa shape index (κ2) is 8.62. The number of hydrogen-bond donors (Lipinski definition) is 1. The number of nitrogens with zero attached hydrogens (tertiary/aromatic N) is 4. The van der Waals surface area contributed by atoms with Crippen molar-refractivity contribution in [2.24, 2.45) is 0 Å². The summed E-state index contributed by atoms with van der Waals surface area (Å²) >= 11 is 7.37. The number of halogens is 1. The Labute approximate surface area is 203 Å². The molecule has 0 spiro atoms. The molecule has 0 radical (unpaired) electrons. The van der Waals surface area contributed by atoms with E-state index in [1.165, 1.54) is 0 Å². The molecule has 2 aliphatic rings. The highest BCUT2D eigenvalue weighted by Crippen LogP contribution is 2.35. The van der Waals surface area contributed by atoms with Gasteiger partial charge in [-0.2, -0.15) is 0 Å². The third-order valence-electron chi connectivity index (χ3n) is 5.81. The quantitative estimate of drug-likeness (QED) is 0.544. The Bertz CT molecular complexity index is 1320. The van der Waals surface area contributed by atoms with Crippen molar-refractivity contribution in [3.05, 3.63) is 69.2 Å². The monoisotopic (exact) mass is 495 g/mol. The molecule has 1 saturated heterocycles. The lowest BCUT2D eigenvalue weighted by molar-refractivity contribution is -0.117. The molecule has 9 nitrogen and oxygen atoms in total. The molecule has 5 rings (SSSR count). The van der Waals surface area contributed by atoms with Crippen LogP contribution in [0.3, 0.4) is 0 Å². The van der Waals surface area contributed by atoms with E-state index in [-0.39, 0.29) is 34.5 Å². The maximum atomic E-state index is 12.6. The van der Waals surface area contributed by atoms with E-state index in [0.29, 0.717) is 16.6 Å². The van der Waals surface area contributed by atoms with Crippen LogP contribution in [0, 0.1) is 6.92 Å². The van der Waals surface area contributed by atoms with E-state index >= 15 is 0 Å². The van der Waals surface area contributed by atoms with Crippen molar-refractivity contribution in [2.75, 3.05) is 23.3 Å². The standard InChI is InChI=1S/C23H18ClN5O4S/c1-12-6-7-14(9-17(12)24)28-10-13(8-19(28)31)20-26-27-23(34-20)25-18(30)11-29-21(32)15-4-2-3-5-16(15)22(29)33/h2-7,9,13H,8,10-11H2,1H3,(H,25,27,30). The maximum Gasteiger partial charge on any atom is 0.262 e. The Kier molecular flexibility index (Phi) is 5.62. The number of nitrogens with one attached hydrogen (secondary N) is 1. The van der Waals surface area contributed by atoms with Crippen LogP contribution >= 0.6 is 22.9 Å². The molecule has 3 heterocycles. The first-order valence-electron chi connectivity index (χ1n) is 10.5. The number of aryl methyl sites for hydroxylation is 1. The minimum atomic E-state index is -0.560. The zero-order valence-electron chi connectivity index (χ0n) is 17.9. The van der Waals surface area contributed by atoms with Crippen LogP contribution in [0.25, 0.3) is 0 Å². The Hall–Kier alpha value is -3.63. The number of imide groups is 1. The molecule has 2 aromatic carbocycles. The van der Waals surface area contributed by atoms with Crippen molar-refractivity contribution in [2.45, 2.75) is 19.3 Å². The largest absolute Gasteiger partial charge is 0.312 e. The van der Waals surface area contributed by atoms with Crippen molar-refractivity contribution in [1.29, 1.82) is 0 Å². The molecule has 2 aliphatic heterocycles. The van der Waals surface area contributed by atoms with Crippen LogP contribution in [0.1, 0.15) is 43.6 Å². The highest BCUT2D eigenvalue weighted by atomic mass is 35.5. The molecule has 1 fully saturated rings. The summed E-state index contributed by atoms with van der Waals surface area (Å²) in [5, 5.41) is 12.2. The van der Waals surface area contributed by atoms with Gasteiger partial charge in [-0.3, -0.25) is 29.4 Å². The highest BCUT2D eigenvalue weighted by Gasteiger charge is 2.37. The molecular weight excluding hydrogens is 478 g/mol. The van der Waals surface area contributed by atoms with E-state index in [1.807, 2.05) is 19.1 Å². The lowest BCUT2D eigenvalue weighted by Gasteiger charge is -2.17. The van der Waals surface area contributed by atoms with Crippen molar-refractivity contribution >= 4 is 57.4 Å². The molecule has 3 aromatic rings. The molecule has 172 valence electrons. The minimum Gasteiger partial charge on any atom is -0.312 e. The number of amides is 4. The smallest absolute Gasteiger partial charge is 0.262 e. The van der Waals surface area contributed by atoms with Gasteiger partial charge < -0.3 is 4.90 Å². The molecule has 1 unspecified atom stereocenters. The first-order chi connectivity index (χ1) is 16.3. The molecule has 0 saturated carbocycles. The van der Waals surface area contributed by atoms with Crippen molar-refractivity contribution in [1.82, 2.24) is 15.1 Å². The molecule has 1 atom stereocenters. The fourth-order valence-corrected chi connectivity index (χ4v) is 5.03. The average Bonchev–Trinajstić information content (AvgIpc) is 3.50. The Morgan fingerprint density at radius 2 is 1.82 bits per heavy atom. The van der Waals surface area contributed by atoms with Crippen molar-refractivity contribution in [3.8, 4) is 0 Å². The maximum absolute atomic E-state index is 12.6. The van der Waals surface area contributed by atoms with Crippen LogP contribution in [0.15, 0.2) is 42.5 Å². The normalized spacial score (nSPS) is 17.5. The van der Waals surface area contributed by atoms with Gasteiger partial charge in [-0.25, -0.2) is 0 Å². The van der Waals surface area contributed by atoms with E-state index in [9.17, 15) is 19.2 Å². The lowest BCUT2D eigenvalue weighted by Crippen LogP contribution is -2.37. The number of rotatable bonds is 5. The van der Waals surface area contributed by atoms with Gasteiger partial charge in [0.1, 0.15) is 11.6 Å². The summed E-state index contributed by atoms with van der Waals surface area (Å²) in [7, 11) is 0. The first kappa shape index (κ1) is 22.2. The van der Waals surface area contributed by atoms with Gasteiger partial charge in [0.05, 0.1) is 11.1 Å². The summed E-state index contributed by atoms with van der Waals surface area (Å²) in [5.41, 5.74) is 2.22. The van der Waals surface area contributed by atoms with Crippen LogP contribution in [0.2, 0.25) is 5.02 Å². The SMILES string of the molecule is Cc1ccc(N2CC(c3nnc(NC(=O)CN4C(=O)c5ccccc5C4=O)s3)CC2=O)cc1Cl. The number of benzene rings is 2. The second-order valence-corrected chi connectivity index (χ2v) is 9.49. The molecule has 4 amide bonds. The molecule has 1 aromatic heterocycles. The molecule has 11 heteroatoms. The highest BCUT2D eigenvalue weighted by molar-refractivity contribution is 7.15. The average molecular weight is 496 g/mol. The number of fused-ring (bicyclic) bond motifs is 1. The third-order valence-corrected chi connectivity index (χ3v) is 7.22. The van der Waals surface area contributed by atoms with E-state index in [1.54, 1.807) is 35.2 Å². The molecule has 0 bridgehead atoms. The van der Waals surface area contributed by atoms with E-state index in [2.05, 4.69) is 15.5 Å². The summed E-state index contributed by atoms with van der Waals surface area (Å²) in [6.45, 7) is 1.90. The van der Waals surface area contributed by atoms with Crippen LogP contribution < -0.4 is 10.2 Å². The molecule has 34 heavy (non-hydrogen) atoms. The fraction of sp³-hybridized carbons (Fsp3) is 0.217. The van der Waals surface area contributed by atoms with Gasteiger partial charge in [0, 0.05) is 29.6 Å². The summed E-state index contributed by atoms with van der Waals surface area (Å²) in [4.78, 5) is 52.5. The minimum absolute atomic E-state index is 0.0451. The summed E-state index contributed by atoms with van der Waals surface area (Å²) in [6, 6.07) is 11.9. The van der Waals surface area contributed by atoms with Crippen LogP contribution in [0.4, 0.5) is 10.8 Å². The zero-order valence-corrected chi connectivity index (χ0v) is 19.5. The van der Waals surface area contributed by atoms with Gasteiger partial charge in [0.2, 0.25) is 16.9 Å². The third kappa shape index (κ3) is 3.95. The van der Waals surface area contributed by atoms with Crippen LogP contribution in [-0.2, 0) is 9.59 Å². The van der Waals surface area contributed by atoms with Gasteiger partial charge in [0.25, 0.3) is 11.8 Å². The molecule has 0 aliphatic carbocycles. The van der Waals surface area contributed by atoms with Gasteiger partial charge in [-0.15, -0.1) is 10.2 Å². The van der Waals surface area contributed by atoms with Gasteiger partial charge in [0.15, 0.2) is 0 Å². The fourth-order valence-electron chi connectivity index (χ4n) is 4.01. The zero-order chi connectivity index (χ0) is 24.0. The van der Waals surface area contributed by atoms with Crippen LogP contribution in [0.5, 0.6) is 0 Å². The first-order valence-corrected chi connectivity index (χ1v) is 11.7. The predicted molar refractivity (Wildman–Crippen MR) is 126 cm³/mol. The van der Waals surface area contributed by atoms with Crippen molar-refractivity contribution < 1.29 is 19.2 Å². The Morgan fingerprint density at radius 1 is 1.12 bits per heavy atom. The van der Waals surface area contributed by atoms with Crippen LogP contribution in [-0.4, -0.2) is 51.8 Å². The van der Waals surface area contributed by atoms with Gasteiger partial charge >= 0.3 is 0 Å². The van der Waals surface area contributed by atoms with E-state index in [4.69, 9.17) is 11.6 Å². The van der Waals surface area contributed by atoms with Gasteiger partial charge in [-0.05, 0) is 36.8 Å². The van der Waals surface area contributed by atoms with Crippen molar-refractivity contribution in [3.63, 3.8) is 0 Å². The summed E-state index contributed by atoms with van der Waals surface area (Å²) < 4.78 is 0. The Morgan fingerprint density at radius 3 is 2.50 bits per heavy atom. The Balaban J connectivity index is 1.23.